The van der Waals surface area contributed by atoms with E-state index in [0.717, 1.165) is 12.8 Å². The molecule has 0 radical (unpaired) electrons. The number of esters is 1. The van der Waals surface area contributed by atoms with E-state index >= 15 is 0 Å². The highest BCUT2D eigenvalue weighted by atomic mass is 16.5. The van der Waals surface area contributed by atoms with Gasteiger partial charge in [-0.3, -0.25) is 0 Å². The minimum absolute atomic E-state index is 0.309. The molecule has 1 aromatic carbocycles. The number of ether oxygens (including phenoxy) is 1. The number of nitrogens with zero attached hydrogens (tertiary/aromatic N) is 1. The van der Waals surface area contributed by atoms with Crippen molar-refractivity contribution in [2.45, 2.75) is 26.3 Å². The lowest BCUT2D eigenvalue weighted by molar-refractivity contribution is 0.0488. The topological polar surface area (TPSA) is 57.2 Å². The van der Waals surface area contributed by atoms with Gasteiger partial charge in [0.15, 0.2) is 0 Å². The molecule has 1 aromatic heterocycles. The van der Waals surface area contributed by atoms with Crippen molar-refractivity contribution < 1.29 is 9.53 Å². The van der Waals surface area contributed by atoms with Gasteiger partial charge in [-0.2, -0.15) is 0 Å². The van der Waals surface area contributed by atoms with E-state index in [4.69, 9.17) is 10.5 Å². The second-order valence-electron chi connectivity index (χ2n) is 4.67. The zero-order chi connectivity index (χ0) is 14.4. The monoisotopic (exact) mass is 272 g/mol. The van der Waals surface area contributed by atoms with Crippen molar-refractivity contribution in [2.75, 3.05) is 12.3 Å². The summed E-state index contributed by atoms with van der Waals surface area (Å²) in [6.45, 7) is 3.08. The van der Waals surface area contributed by atoms with Crippen LogP contribution in [0.2, 0.25) is 0 Å². The molecule has 2 rings (SSSR count). The third kappa shape index (κ3) is 3.63. The van der Waals surface area contributed by atoms with Crippen LogP contribution in [0.15, 0.2) is 42.6 Å². The summed E-state index contributed by atoms with van der Waals surface area (Å²) in [6.07, 6.45) is 3.48. The third-order valence-corrected chi connectivity index (χ3v) is 3.15. The van der Waals surface area contributed by atoms with Gasteiger partial charge in [0, 0.05) is 12.7 Å². The van der Waals surface area contributed by atoms with Crippen molar-refractivity contribution in [3.8, 4) is 0 Å². The fourth-order valence-corrected chi connectivity index (χ4v) is 2.13. The summed E-state index contributed by atoms with van der Waals surface area (Å²) in [6, 6.07) is 11.8. The standard InChI is InChI=1S/C16H20N2O2/c1-2-18-12-14(17)11-15(18)16(19)20-10-6-9-13-7-4-3-5-8-13/h3-5,7-8,11-12H,2,6,9-10,17H2,1H3. The Morgan fingerprint density at radius 1 is 1.30 bits per heavy atom. The molecule has 1 heterocycles. The molecule has 0 aliphatic heterocycles. The van der Waals surface area contributed by atoms with Gasteiger partial charge in [-0.1, -0.05) is 30.3 Å². The molecule has 0 aliphatic carbocycles. The Bertz CT molecular complexity index is 561. The number of nitrogens with two attached hydrogens (primary N) is 1. The Morgan fingerprint density at radius 3 is 2.75 bits per heavy atom. The molecule has 0 amide bonds. The molecular formula is C16H20N2O2. The normalized spacial score (nSPS) is 10.4. The highest BCUT2D eigenvalue weighted by Crippen LogP contribution is 2.12. The molecule has 20 heavy (non-hydrogen) atoms. The molecule has 0 saturated carbocycles. The van der Waals surface area contributed by atoms with E-state index in [-0.39, 0.29) is 5.97 Å². The van der Waals surface area contributed by atoms with Crippen LogP contribution < -0.4 is 5.73 Å². The third-order valence-electron chi connectivity index (χ3n) is 3.15. The lowest BCUT2D eigenvalue weighted by atomic mass is 10.1. The van der Waals surface area contributed by atoms with Crippen LogP contribution in [0.3, 0.4) is 0 Å². The van der Waals surface area contributed by atoms with Gasteiger partial charge >= 0.3 is 5.97 Å². The number of hydrogen-bond acceptors (Lipinski definition) is 3. The Kier molecular flexibility index (Phi) is 4.82. The molecule has 2 aromatic rings. The minimum atomic E-state index is -0.309. The van der Waals surface area contributed by atoms with E-state index < -0.39 is 0 Å². The average Bonchev–Trinajstić information content (AvgIpc) is 2.86. The smallest absolute Gasteiger partial charge is 0.355 e. The van der Waals surface area contributed by atoms with Crippen LogP contribution in [-0.2, 0) is 17.7 Å². The predicted molar refractivity (Wildman–Crippen MR) is 79.6 cm³/mol. The number of carbonyl (C=O) groups is 1. The van der Waals surface area contributed by atoms with Gasteiger partial charge in [0.1, 0.15) is 5.69 Å². The van der Waals surface area contributed by atoms with Crippen molar-refractivity contribution in [2.24, 2.45) is 0 Å². The molecule has 0 spiro atoms. The molecule has 4 heteroatoms. The first-order chi connectivity index (χ1) is 9.70. The molecule has 0 atom stereocenters. The highest BCUT2D eigenvalue weighted by molar-refractivity contribution is 5.89. The van der Waals surface area contributed by atoms with Crippen LogP contribution in [0.1, 0.15) is 29.4 Å². The van der Waals surface area contributed by atoms with Gasteiger partial charge in [0.05, 0.1) is 12.3 Å². The number of carbonyl (C=O) groups excluding carboxylic acids is 1. The molecular weight excluding hydrogens is 252 g/mol. The van der Waals surface area contributed by atoms with E-state index in [9.17, 15) is 4.79 Å². The van der Waals surface area contributed by atoms with Gasteiger partial charge in [-0.15, -0.1) is 0 Å². The van der Waals surface area contributed by atoms with E-state index in [0.29, 0.717) is 24.5 Å². The SMILES string of the molecule is CCn1cc(N)cc1C(=O)OCCCc1ccccc1. The summed E-state index contributed by atoms with van der Waals surface area (Å²) in [5, 5.41) is 0. The van der Waals surface area contributed by atoms with Gasteiger partial charge in [-0.25, -0.2) is 4.79 Å². The highest BCUT2D eigenvalue weighted by Gasteiger charge is 2.13. The Labute approximate surface area is 119 Å². The molecule has 0 saturated heterocycles. The number of aryl methyl sites for hydroxylation is 2. The van der Waals surface area contributed by atoms with Gasteiger partial charge in [0.2, 0.25) is 0 Å². The maximum atomic E-state index is 12.0. The molecule has 2 N–H and O–H groups in total. The maximum Gasteiger partial charge on any atom is 0.355 e. The van der Waals surface area contributed by atoms with Crippen LogP contribution in [0.5, 0.6) is 0 Å². The van der Waals surface area contributed by atoms with Gasteiger partial charge < -0.3 is 15.0 Å². The summed E-state index contributed by atoms with van der Waals surface area (Å²) in [7, 11) is 0. The predicted octanol–water partition coefficient (Wildman–Crippen LogP) is 2.88. The van der Waals surface area contributed by atoms with E-state index in [1.54, 1.807) is 16.8 Å². The van der Waals surface area contributed by atoms with Crippen LogP contribution >= 0.6 is 0 Å². The number of benzene rings is 1. The Morgan fingerprint density at radius 2 is 2.05 bits per heavy atom. The Balaban J connectivity index is 1.80. The number of hydrogen-bond donors (Lipinski definition) is 1. The van der Waals surface area contributed by atoms with Crippen molar-refractivity contribution in [3.63, 3.8) is 0 Å². The number of anilines is 1. The summed E-state index contributed by atoms with van der Waals surface area (Å²) >= 11 is 0. The van der Waals surface area contributed by atoms with Crippen LogP contribution in [0, 0.1) is 0 Å². The number of rotatable bonds is 6. The summed E-state index contributed by atoms with van der Waals surface area (Å²) in [5.41, 5.74) is 8.05. The lowest BCUT2D eigenvalue weighted by Crippen LogP contribution is -2.12. The molecule has 0 aliphatic rings. The van der Waals surface area contributed by atoms with E-state index in [2.05, 4.69) is 12.1 Å². The molecule has 0 unspecified atom stereocenters. The van der Waals surface area contributed by atoms with E-state index in [1.807, 2.05) is 25.1 Å². The second-order valence-corrected chi connectivity index (χ2v) is 4.67. The first kappa shape index (κ1) is 14.2. The van der Waals surface area contributed by atoms with Crippen molar-refractivity contribution >= 4 is 11.7 Å². The van der Waals surface area contributed by atoms with Crippen LogP contribution in [0.4, 0.5) is 5.69 Å². The molecule has 0 bridgehead atoms. The van der Waals surface area contributed by atoms with E-state index in [1.165, 1.54) is 5.56 Å². The second kappa shape index (κ2) is 6.80. The van der Waals surface area contributed by atoms with Gasteiger partial charge in [0.25, 0.3) is 0 Å². The number of aromatic nitrogens is 1. The first-order valence-corrected chi connectivity index (χ1v) is 6.87. The zero-order valence-electron chi connectivity index (χ0n) is 11.7. The maximum absolute atomic E-state index is 12.0. The van der Waals surface area contributed by atoms with Crippen molar-refractivity contribution in [3.05, 3.63) is 53.9 Å². The quantitative estimate of drug-likeness (QED) is 0.650. The fraction of sp³-hybridized carbons (Fsp3) is 0.312. The lowest BCUT2D eigenvalue weighted by Gasteiger charge is -2.07. The summed E-state index contributed by atoms with van der Waals surface area (Å²) < 4.78 is 7.09. The fourth-order valence-electron chi connectivity index (χ4n) is 2.13. The first-order valence-electron chi connectivity index (χ1n) is 6.87. The zero-order valence-corrected chi connectivity index (χ0v) is 11.7. The average molecular weight is 272 g/mol. The minimum Gasteiger partial charge on any atom is -0.461 e. The van der Waals surface area contributed by atoms with Crippen molar-refractivity contribution in [1.29, 1.82) is 0 Å². The van der Waals surface area contributed by atoms with Crippen LogP contribution in [0.25, 0.3) is 0 Å². The Hall–Kier alpha value is -2.23. The largest absolute Gasteiger partial charge is 0.461 e. The van der Waals surface area contributed by atoms with Gasteiger partial charge in [-0.05, 0) is 31.4 Å². The molecule has 106 valence electrons. The molecule has 0 fully saturated rings. The number of nitrogen functional groups attached to an aromatic ring is 1. The molecule has 4 nitrogen and oxygen atoms in total. The van der Waals surface area contributed by atoms with Crippen molar-refractivity contribution in [1.82, 2.24) is 4.57 Å². The van der Waals surface area contributed by atoms with Crippen LogP contribution in [-0.4, -0.2) is 17.1 Å². The summed E-state index contributed by atoms with van der Waals surface area (Å²) in [4.78, 5) is 12.0. The summed E-state index contributed by atoms with van der Waals surface area (Å²) in [5.74, 6) is -0.309.